The molecule has 0 bridgehead atoms. The van der Waals surface area contributed by atoms with Gasteiger partial charge < -0.3 is 29.9 Å². The Morgan fingerprint density at radius 3 is 2.27 bits per heavy atom. The van der Waals surface area contributed by atoms with Gasteiger partial charge in [0.05, 0.1) is 24.4 Å². The van der Waals surface area contributed by atoms with Crippen molar-refractivity contribution in [2.24, 2.45) is 0 Å². The average Bonchev–Trinajstić information content (AvgIpc) is 3.66. The molecule has 272 valence electrons. The highest BCUT2D eigenvalue weighted by Gasteiger charge is 2.47. The lowest BCUT2D eigenvalue weighted by Gasteiger charge is -2.36. The third-order valence-corrected chi connectivity index (χ3v) is 10.2. The van der Waals surface area contributed by atoms with Crippen LogP contribution in [0.1, 0.15) is 64.3 Å². The Morgan fingerprint density at radius 2 is 1.58 bits per heavy atom. The van der Waals surface area contributed by atoms with E-state index in [1.807, 2.05) is 66.7 Å². The van der Waals surface area contributed by atoms with Crippen LogP contribution in [-0.2, 0) is 32.2 Å². The van der Waals surface area contributed by atoms with E-state index >= 15 is 0 Å². The van der Waals surface area contributed by atoms with E-state index in [1.165, 1.54) is 0 Å². The Balaban J connectivity index is 1.16. The van der Waals surface area contributed by atoms with Gasteiger partial charge in [-0.15, -0.1) is 11.8 Å². The maximum Gasteiger partial charge on any atom is 0.471 e. The van der Waals surface area contributed by atoms with Crippen molar-refractivity contribution in [1.29, 1.82) is 0 Å². The lowest BCUT2D eigenvalue weighted by Crippen LogP contribution is -2.50. The monoisotopic (exact) mass is 734 g/mol. The number of benzene rings is 4. The number of carbonyl (C=O) groups excluding carboxylic acids is 2. The van der Waals surface area contributed by atoms with Gasteiger partial charge in [-0.2, -0.15) is 13.2 Å². The molecule has 2 aliphatic heterocycles. The number of amides is 2. The summed E-state index contributed by atoms with van der Waals surface area (Å²) in [6, 6.07) is 28.3. The third kappa shape index (κ3) is 9.02. The number of aliphatic hydroxyl groups is 1. The van der Waals surface area contributed by atoms with Crippen LogP contribution in [-0.4, -0.2) is 63.5 Å². The number of hydrogen-bond acceptors (Lipinski definition) is 7. The van der Waals surface area contributed by atoms with Gasteiger partial charge in [-0.05, 0) is 77.1 Å². The highest BCUT2D eigenvalue weighted by molar-refractivity contribution is 7.99. The third-order valence-electron chi connectivity index (χ3n) is 9.10. The molecule has 0 unspecified atom stereocenters. The van der Waals surface area contributed by atoms with E-state index < -0.39 is 36.3 Å². The topological polar surface area (TPSA) is 125 Å². The number of aliphatic hydroxyl groups excluding tert-OH is 1. The predicted molar refractivity (Wildman–Crippen MR) is 187 cm³/mol. The summed E-state index contributed by atoms with van der Waals surface area (Å²) in [6.45, 7) is -0.115. The number of ether oxygens (including phenoxy) is 2. The Hall–Kier alpha value is -4.69. The van der Waals surface area contributed by atoms with Gasteiger partial charge in [0.15, 0.2) is 6.29 Å². The number of nitrogens with one attached hydrogen (secondary N) is 1. The standard InChI is InChI=1S/C39H37F3N2O7S/c40-39(41,42)38(49)44-17-3-8-33(44)35(46)43-21-25-4-1-5-28(18-25)29-6-2-7-30(19-29)37-50-31(23-52-32-15-13-27(14-16-32)36(47)48)20-34(51-37)26-11-9-24(22-45)10-12-26/h1-2,4-7,9-16,18-19,31,33-34,37,45H,3,8,17,20-23H2,(H,43,46)(H,47,48)/t31-,33-,34+,37+/m0/s1. The molecule has 2 amide bonds. The molecule has 2 aliphatic rings. The number of alkyl halides is 3. The molecule has 4 aromatic carbocycles. The van der Waals surface area contributed by atoms with Crippen LogP contribution in [0.5, 0.6) is 0 Å². The average molecular weight is 735 g/mol. The predicted octanol–water partition coefficient (Wildman–Crippen LogP) is 7.05. The second-order valence-corrected chi connectivity index (χ2v) is 13.8. The highest BCUT2D eigenvalue weighted by Crippen LogP contribution is 2.40. The van der Waals surface area contributed by atoms with E-state index in [4.69, 9.17) is 9.47 Å². The Kier molecular flexibility index (Phi) is 11.6. The normalized spacial score (nSPS) is 20.4. The Morgan fingerprint density at radius 1 is 0.865 bits per heavy atom. The van der Waals surface area contributed by atoms with Crippen LogP contribution >= 0.6 is 11.8 Å². The molecule has 0 spiro atoms. The molecule has 4 atom stereocenters. The summed E-state index contributed by atoms with van der Waals surface area (Å²) in [7, 11) is 0. The number of carboxylic acid groups (broad SMARTS) is 1. The molecule has 13 heteroatoms. The SMILES string of the molecule is O=C(O)c1ccc(SC[C@@H]2C[C@H](c3ccc(CO)cc3)O[C@H](c3cccc(-c4cccc(CNC(=O)[C@@H]5CCCN5C(=O)C(F)(F)F)c4)c3)O2)cc1. The van der Waals surface area contributed by atoms with Crippen LogP contribution in [0.2, 0.25) is 0 Å². The summed E-state index contributed by atoms with van der Waals surface area (Å²) >= 11 is 1.56. The van der Waals surface area contributed by atoms with Gasteiger partial charge in [0.1, 0.15) is 6.04 Å². The van der Waals surface area contributed by atoms with Crippen molar-refractivity contribution in [2.75, 3.05) is 12.3 Å². The molecule has 2 saturated heterocycles. The van der Waals surface area contributed by atoms with E-state index in [0.29, 0.717) is 23.5 Å². The number of nitrogens with zero attached hydrogens (tertiary/aromatic N) is 1. The summed E-state index contributed by atoms with van der Waals surface area (Å²) in [5.41, 5.74) is 5.15. The summed E-state index contributed by atoms with van der Waals surface area (Å²) in [6.07, 6.45) is -5.21. The van der Waals surface area contributed by atoms with Crippen molar-refractivity contribution in [3.63, 3.8) is 0 Å². The maximum atomic E-state index is 13.1. The first-order valence-electron chi connectivity index (χ1n) is 16.8. The molecule has 3 N–H and O–H groups in total. The van der Waals surface area contributed by atoms with E-state index in [1.54, 1.807) is 42.1 Å². The molecule has 52 heavy (non-hydrogen) atoms. The number of halogens is 3. The first kappa shape index (κ1) is 37.1. The van der Waals surface area contributed by atoms with E-state index in [9.17, 15) is 37.8 Å². The van der Waals surface area contributed by atoms with Crippen molar-refractivity contribution in [2.45, 2.75) is 68.0 Å². The maximum absolute atomic E-state index is 13.1. The summed E-state index contributed by atoms with van der Waals surface area (Å²) in [4.78, 5) is 37.5. The molecule has 0 aromatic heterocycles. The Bertz CT molecular complexity index is 1890. The van der Waals surface area contributed by atoms with Crippen LogP contribution in [0, 0.1) is 0 Å². The number of likely N-dealkylation sites (tertiary alicyclic amines) is 1. The summed E-state index contributed by atoms with van der Waals surface area (Å²) in [5.74, 6) is -3.02. The van der Waals surface area contributed by atoms with Crippen molar-refractivity contribution >= 4 is 29.5 Å². The fourth-order valence-electron chi connectivity index (χ4n) is 6.38. The minimum absolute atomic E-state index is 0.0695. The first-order valence-corrected chi connectivity index (χ1v) is 17.8. The largest absolute Gasteiger partial charge is 0.478 e. The summed E-state index contributed by atoms with van der Waals surface area (Å²) in [5, 5.41) is 21.5. The minimum atomic E-state index is -5.04. The van der Waals surface area contributed by atoms with Crippen LogP contribution in [0.4, 0.5) is 13.2 Å². The number of hydrogen-bond donors (Lipinski definition) is 3. The van der Waals surface area contributed by atoms with Crippen LogP contribution < -0.4 is 5.32 Å². The smallest absolute Gasteiger partial charge is 0.471 e. The van der Waals surface area contributed by atoms with Gasteiger partial charge >= 0.3 is 18.1 Å². The van der Waals surface area contributed by atoms with Gasteiger partial charge in [-0.1, -0.05) is 60.7 Å². The molecule has 0 aliphatic carbocycles. The van der Waals surface area contributed by atoms with Gasteiger partial charge in [-0.3, -0.25) is 9.59 Å². The summed E-state index contributed by atoms with van der Waals surface area (Å²) < 4.78 is 52.2. The van der Waals surface area contributed by atoms with E-state index in [-0.39, 0.29) is 43.9 Å². The van der Waals surface area contributed by atoms with Crippen molar-refractivity contribution in [1.82, 2.24) is 10.2 Å². The van der Waals surface area contributed by atoms with E-state index in [2.05, 4.69) is 5.32 Å². The van der Waals surface area contributed by atoms with Crippen molar-refractivity contribution in [3.8, 4) is 11.1 Å². The Labute approximate surface area is 302 Å². The molecular weight excluding hydrogens is 697 g/mol. The number of rotatable bonds is 11. The lowest BCUT2D eigenvalue weighted by atomic mass is 9.99. The van der Waals surface area contributed by atoms with Crippen LogP contribution in [0.3, 0.4) is 0 Å². The molecule has 4 aromatic rings. The lowest BCUT2D eigenvalue weighted by molar-refractivity contribution is -0.245. The zero-order chi connectivity index (χ0) is 36.8. The van der Waals surface area contributed by atoms with Crippen LogP contribution in [0.25, 0.3) is 11.1 Å². The zero-order valence-electron chi connectivity index (χ0n) is 27.9. The quantitative estimate of drug-likeness (QED) is 0.140. The molecule has 2 fully saturated rings. The van der Waals surface area contributed by atoms with Crippen LogP contribution in [0.15, 0.2) is 102 Å². The number of carbonyl (C=O) groups is 3. The second kappa shape index (κ2) is 16.3. The number of carboxylic acids is 1. The van der Waals surface area contributed by atoms with Gasteiger partial charge in [0.25, 0.3) is 0 Å². The molecule has 6 rings (SSSR count). The fraction of sp³-hybridized carbons (Fsp3) is 0.308. The minimum Gasteiger partial charge on any atom is -0.478 e. The molecule has 9 nitrogen and oxygen atoms in total. The fourth-order valence-corrected chi connectivity index (χ4v) is 7.31. The number of thioether (sulfide) groups is 1. The zero-order valence-corrected chi connectivity index (χ0v) is 28.7. The highest BCUT2D eigenvalue weighted by atomic mass is 32.2. The van der Waals surface area contributed by atoms with Gasteiger partial charge in [0.2, 0.25) is 5.91 Å². The van der Waals surface area contributed by atoms with Gasteiger partial charge in [-0.25, -0.2) is 4.79 Å². The van der Waals surface area contributed by atoms with Gasteiger partial charge in [0, 0.05) is 35.7 Å². The van der Waals surface area contributed by atoms with E-state index in [0.717, 1.165) is 38.3 Å². The first-order chi connectivity index (χ1) is 25.0. The van der Waals surface area contributed by atoms with Crippen molar-refractivity contribution in [3.05, 3.63) is 125 Å². The number of aromatic carboxylic acids is 1. The van der Waals surface area contributed by atoms with Crippen molar-refractivity contribution < 1.29 is 47.2 Å². The second-order valence-electron chi connectivity index (χ2n) is 12.7. The molecular formula is C39H37F3N2O7S. The molecule has 0 radical (unpaired) electrons. The molecule has 0 saturated carbocycles. The molecule has 2 heterocycles.